The number of fused-ring (bicyclic) bond motifs is 1. The zero-order valence-corrected chi connectivity index (χ0v) is 16.6. The number of pyridine rings is 1. The smallest absolute Gasteiger partial charge is 0.417 e. The molecule has 0 amide bonds. The predicted octanol–water partition coefficient (Wildman–Crippen LogP) is 3.25. The van der Waals surface area contributed by atoms with Gasteiger partial charge in [0.2, 0.25) is 5.75 Å². The summed E-state index contributed by atoms with van der Waals surface area (Å²) in [5.41, 5.74) is 5.01. The Balaban J connectivity index is 2.08. The van der Waals surface area contributed by atoms with Crippen molar-refractivity contribution in [2.75, 3.05) is 27.1 Å². The van der Waals surface area contributed by atoms with Crippen LogP contribution in [0, 0.1) is 6.92 Å². The highest BCUT2D eigenvalue weighted by atomic mass is 19.4. The SMILES string of the molecule is COc1cc(CC(=O)n2nc(N)c3c(C(F)(F)F)cc(C)nc32)cc(OC)c1OC. The van der Waals surface area contributed by atoms with Gasteiger partial charge in [-0.25, -0.2) is 4.98 Å². The van der Waals surface area contributed by atoms with Crippen LogP contribution in [-0.2, 0) is 12.6 Å². The second-order valence-electron chi connectivity index (χ2n) is 6.41. The summed E-state index contributed by atoms with van der Waals surface area (Å²) in [5.74, 6) is -0.0482. The molecule has 0 bridgehead atoms. The van der Waals surface area contributed by atoms with E-state index in [1.165, 1.54) is 28.3 Å². The second-order valence-corrected chi connectivity index (χ2v) is 6.41. The average molecular weight is 424 g/mol. The number of anilines is 1. The van der Waals surface area contributed by atoms with Crippen molar-refractivity contribution in [1.29, 1.82) is 0 Å². The molecule has 0 saturated heterocycles. The van der Waals surface area contributed by atoms with Crippen LogP contribution in [0.2, 0.25) is 0 Å². The summed E-state index contributed by atoms with van der Waals surface area (Å²) in [6.07, 6.45) is -4.89. The fourth-order valence-electron chi connectivity index (χ4n) is 3.15. The molecule has 0 aliphatic rings. The first-order chi connectivity index (χ1) is 14.1. The van der Waals surface area contributed by atoms with Crippen molar-refractivity contribution >= 4 is 22.8 Å². The third-order valence-electron chi connectivity index (χ3n) is 4.41. The Kier molecular flexibility index (Phi) is 5.47. The highest BCUT2D eigenvalue weighted by Crippen LogP contribution is 2.39. The number of nitrogen functional groups attached to an aromatic ring is 1. The molecule has 2 aromatic heterocycles. The van der Waals surface area contributed by atoms with Crippen LogP contribution in [0.5, 0.6) is 17.2 Å². The molecule has 8 nitrogen and oxygen atoms in total. The molecule has 1 aromatic carbocycles. The van der Waals surface area contributed by atoms with E-state index in [1.54, 1.807) is 12.1 Å². The van der Waals surface area contributed by atoms with Crippen LogP contribution in [0.1, 0.15) is 21.6 Å². The number of aryl methyl sites for hydroxylation is 1. The lowest BCUT2D eigenvalue weighted by atomic mass is 10.1. The maximum Gasteiger partial charge on any atom is 0.417 e. The summed E-state index contributed by atoms with van der Waals surface area (Å²) >= 11 is 0. The van der Waals surface area contributed by atoms with Gasteiger partial charge in [0.05, 0.1) is 38.7 Å². The molecule has 2 N–H and O–H groups in total. The van der Waals surface area contributed by atoms with Gasteiger partial charge in [0, 0.05) is 5.69 Å². The van der Waals surface area contributed by atoms with Crippen LogP contribution in [0.3, 0.4) is 0 Å². The largest absolute Gasteiger partial charge is 0.493 e. The molecule has 0 atom stereocenters. The van der Waals surface area contributed by atoms with Gasteiger partial charge in [-0.2, -0.15) is 17.9 Å². The summed E-state index contributed by atoms with van der Waals surface area (Å²) < 4.78 is 56.8. The Morgan fingerprint density at radius 1 is 1.10 bits per heavy atom. The standard InChI is InChI=1S/C19H19F3N4O4/c1-9-5-11(19(20,21)22)15-17(23)25-26(18(15)24-9)14(27)8-10-6-12(28-2)16(30-4)13(7-10)29-3/h5-7H,8H2,1-4H3,(H2,23,25). The number of methoxy groups -OCH3 is 3. The molecule has 160 valence electrons. The summed E-state index contributed by atoms with van der Waals surface area (Å²) in [6.45, 7) is 1.39. The first kappa shape index (κ1) is 21.2. The van der Waals surface area contributed by atoms with E-state index in [-0.39, 0.29) is 17.8 Å². The number of halogens is 3. The van der Waals surface area contributed by atoms with E-state index in [2.05, 4.69) is 10.1 Å². The fourth-order valence-corrected chi connectivity index (χ4v) is 3.15. The topological polar surface area (TPSA) is 101 Å². The third kappa shape index (κ3) is 3.70. The number of alkyl halides is 3. The Morgan fingerprint density at radius 2 is 1.70 bits per heavy atom. The number of carbonyl (C=O) groups excluding carboxylic acids is 1. The van der Waals surface area contributed by atoms with E-state index >= 15 is 0 Å². The van der Waals surface area contributed by atoms with Gasteiger partial charge in [-0.05, 0) is 30.7 Å². The zero-order chi connectivity index (χ0) is 22.2. The predicted molar refractivity (Wildman–Crippen MR) is 102 cm³/mol. The summed E-state index contributed by atoms with van der Waals surface area (Å²) in [6, 6.07) is 4.00. The van der Waals surface area contributed by atoms with Crippen molar-refractivity contribution in [3.05, 3.63) is 35.0 Å². The Bertz CT molecular complexity index is 1100. The van der Waals surface area contributed by atoms with Crippen molar-refractivity contribution in [2.24, 2.45) is 0 Å². The number of rotatable bonds is 5. The van der Waals surface area contributed by atoms with E-state index in [1.807, 2.05) is 0 Å². The van der Waals surface area contributed by atoms with Crippen LogP contribution in [0.25, 0.3) is 11.0 Å². The molecule has 0 fully saturated rings. The molecule has 0 aliphatic carbocycles. The van der Waals surface area contributed by atoms with Gasteiger partial charge in [0.1, 0.15) is 0 Å². The second kappa shape index (κ2) is 7.73. The lowest BCUT2D eigenvalue weighted by molar-refractivity contribution is -0.136. The molecule has 0 radical (unpaired) electrons. The minimum Gasteiger partial charge on any atom is -0.493 e. The monoisotopic (exact) mass is 424 g/mol. The number of aromatic nitrogens is 3. The molecule has 0 saturated carbocycles. The molecular weight excluding hydrogens is 405 g/mol. The minimum atomic E-state index is -4.67. The van der Waals surface area contributed by atoms with Gasteiger partial charge in [-0.1, -0.05) is 0 Å². The van der Waals surface area contributed by atoms with Crippen molar-refractivity contribution < 1.29 is 32.2 Å². The number of ether oxygens (including phenoxy) is 3. The van der Waals surface area contributed by atoms with Crippen LogP contribution >= 0.6 is 0 Å². The van der Waals surface area contributed by atoms with E-state index in [0.717, 1.165) is 10.7 Å². The number of hydrogen-bond donors (Lipinski definition) is 1. The Hall–Kier alpha value is -3.50. The van der Waals surface area contributed by atoms with Gasteiger partial charge < -0.3 is 19.9 Å². The summed E-state index contributed by atoms with van der Waals surface area (Å²) in [5, 5.41) is 3.40. The highest BCUT2D eigenvalue weighted by molar-refractivity contribution is 5.97. The molecule has 2 heterocycles. The van der Waals surface area contributed by atoms with Gasteiger partial charge in [-0.3, -0.25) is 4.79 Å². The fraction of sp³-hybridized carbons (Fsp3) is 0.316. The van der Waals surface area contributed by atoms with Crippen molar-refractivity contribution in [2.45, 2.75) is 19.5 Å². The molecule has 3 rings (SSSR count). The van der Waals surface area contributed by atoms with Gasteiger partial charge in [-0.15, -0.1) is 5.10 Å². The summed E-state index contributed by atoms with van der Waals surface area (Å²) in [4.78, 5) is 16.9. The highest BCUT2D eigenvalue weighted by Gasteiger charge is 2.36. The quantitative estimate of drug-likeness (QED) is 0.671. The number of nitrogens with zero attached hydrogens (tertiary/aromatic N) is 3. The molecule has 30 heavy (non-hydrogen) atoms. The maximum atomic E-state index is 13.4. The van der Waals surface area contributed by atoms with Gasteiger partial charge in [0.25, 0.3) is 5.91 Å². The van der Waals surface area contributed by atoms with Crippen LogP contribution in [0.4, 0.5) is 19.0 Å². The zero-order valence-electron chi connectivity index (χ0n) is 16.6. The van der Waals surface area contributed by atoms with Crippen LogP contribution in [0.15, 0.2) is 18.2 Å². The normalized spacial score (nSPS) is 11.6. The number of nitrogens with two attached hydrogens (primary N) is 1. The van der Waals surface area contributed by atoms with Crippen LogP contribution < -0.4 is 19.9 Å². The molecule has 3 aromatic rings. The molecule has 0 aliphatic heterocycles. The van der Waals surface area contributed by atoms with Crippen molar-refractivity contribution in [1.82, 2.24) is 14.8 Å². The minimum absolute atomic E-state index is 0.0801. The first-order valence-corrected chi connectivity index (χ1v) is 8.65. The van der Waals surface area contributed by atoms with Crippen molar-refractivity contribution in [3.63, 3.8) is 0 Å². The lowest BCUT2D eigenvalue weighted by Crippen LogP contribution is -2.16. The Morgan fingerprint density at radius 3 is 2.20 bits per heavy atom. The van der Waals surface area contributed by atoms with E-state index in [9.17, 15) is 18.0 Å². The van der Waals surface area contributed by atoms with E-state index in [4.69, 9.17) is 19.9 Å². The molecule has 0 spiro atoms. The van der Waals surface area contributed by atoms with E-state index < -0.39 is 28.9 Å². The van der Waals surface area contributed by atoms with Crippen LogP contribution in [-0.4, -0.2) is 42.0 Å². The maximum absolute atomic E-state index is 13.4. The lowest BCUT2D eigenvalue weighted by Gasteiger charge is -2.14. The third-order valence-corrected chi connectivity index (χ3v) is 4.41. The van der Waals surface area contributed by atoms with Gasteiger partial charge in [0.15, 0.2) is 23.0 Å². The number of benzene rings is 1. The summed E-state index contributed by atoms with van der Waals surface area (Å²) in [7, 11) is 4.29. The first-order valence-electron chi connectivity index (χ1n) is 8.65. The van der Waals surface area contributed by atoms with E-state index in [0.29, 0.717) is 22.8 Å². The number of carbonyl (C=O) groups is 1. The van der Waals surface area contributed by atoms with Gasteiger partial charge >= 0.3 is 6.18 Å². The average Bonchev–Trinajstić information content (AvgIpc) is 3.02. The number of hydrogen-bond acceptors (Lipinski definition) is 7. The molecule has 11 heteroatoms. The molecule has 0 unspecified atom stereocenters. The Labute approximate surface area is 169 Å². The van der Waals surface area contributed by atoms with Crippen molar-refractivity contribution in [3.8, 4) is 17.2 Å². The molecular formula is C19H19F3N4O4.